The average Bonchev–Trinajstić information content (AvgIpc) is 2.28. The summed E-state index contributed by atoms with van der Waals surface area (Å²) in [5.74, 6) is 1.24. The Morgan fingerprint density at radius 3 is 2.56 bits per heavy atom. The summed E-state index contributed by atoms with van der Waals surface area (Å²) in [7, 11) is 5.20. The van der Waals surface area contributed by atoms with Crippen molar-refractivity contribution in [3.63, 3.8) is 0 Å². The summed E-state index contributed by atoms with van der Waals surface area (Å²) in [5, 5.41) is 5.88. The fourth-order valence-electron chi connectivity index (χ4n) is 1.23. The number of carbonyl (C=O) groups is 1. The van der Waals surface area contributed by atoms with Gasteiger partial charge in [0.25, 0.3) is 0 Å². The quantitative estimate of drug-likeness (QED) is 0.773. The maximum Gasteiger partial charge on any atom is 0.244 e. The third-order valence-corrected chi connectivity index (χ3v) is 2.07. The van der Waals surface area contributed by atoms with E-state index in [4.69, 9.17) is 0 Å². The van der Waals surface area contributed by atoms with Crippen LogP contribution in [-0.2, 0) is 4.79 Å². The largest absolute Gasteiger partial charge is 0.372 e. The Kier molecular flexibility index (Phi) is 4.04. The maximum atomic E-state index is 11.6. The molecule has 1 atom stereocenters. The lowest BCUT2D eigenvalue weighted by molar-refractivity contribution is -0.129. The van der Waals surface area contributed by atoms with Crippen molar-refractivity contribution in [2.75, 3.05) is 31.8 Å². The van der Waals surface area contributed by atoms with E-state index in [1.54, 1.807) is 40.5 Å². The summed E-state index contributed by atoms with van der Waals surface area (Å²) in [6.45, 7) is 1.79. The van der Waals surface area contributed by atoms with Gasteiger partial charge in [0.15, 0.2) is 0 Å². The van der Waals surface area contributed by atoms with E-state index in [-0.39, 0.29) is 11.9 Å². The molecule has 1 amide bonds. The molecule has 0 saturated heterocycles. The van der Waals surface area contributed by atoms with E-state index in [1.807, 2.05) is 0 Å². The Morgan fingerprint density at radius 2 is 2.00 bits per heavy atom. The molecule has 1 aromatic heterocycles. The molecule has 16 heavy (non-hydrogen) atoms. The van der Waals surface area contributed by atoms with Gasteiger partial charge >= 0.3 is 0 Å². The molecule has 1 aromatic rings. The second kappa shape index (κ2) is 5.29. The van der Waals surface area contributed by atoms with Crippen molar-refractivity contribution in [2.24, 2.45) is 0 Å². The first-order valence-electron chi connectivity index (χ1n) is 5.02. The lowest BCUT2D eigenvalue weighted by Gasteiger charge is -2.18. The van der Waals surface area contributed by atoms with Crippen LogP contribution >= 0.6 is 0 Å². The van der Waals surface area contributed by atoms with Gasteiger partial charge in [-0.05, 0) is 6.92 Å². The van der Waals surface area contributed by atoms with Gasteiger partial charge in [0.2, 0.25) is 5.91 Å². The Labute approximate surface area is 95.1 Å². The molecule has 0 saturated carbocycles. The van der Waals surface area contributed by atoms with Crippen molar-refractivity contribution in [2.45, 2.75) is 13.0 Å². The first-order valence-corrected chi connectivity index (χ1v) is 5.02. The molecular weight excluding hydrogens is 206 g/mol. The van der Waals surface area contributed by atoms with Gasteiger partial charge in [-0.3, -0.25) is 9.78 Å². The minimum atomic E-state index is -0.323. The van der Waals surface area contributed by atoms with Gasteiger partial charge in [0.05, 0.1) is 12.4 Å². The molecule has 1 heterocycles. The molecule has 6 nitrogen and oxygen atoms in total. The Bertz CT molecular complexity index is 366. The minimum absolute atomic E-state index is 0.00309. The third-order valence-electron chi connectivity index (χ3n) is 2.07. The Hall–Kier alpha value is -1.85. The Balaban J connectivity index is 2.69. The summed E-state index contributed by atoms with van der Waals surface area (Å²) < 4.78 is 0. The number of rotatable bonds is 4. The van der Waals surface area contributed by atoms with E-state index >= 15 is 0 Å². The zero-order valence-electron chi connectivity index (χ0n) is 9.98. The van der Waals surface area contributed by atoms with E-state index in [0.717, 1.165) is 0 Å². The predicted molar refractivity (Wildman–Crippen MR) is 63.4 cm³/mol. The maximum absolute atomic E-state index is 11.6. The fraction of sp³-hybridized carbons (Fsp3) is 0.500. The Morgan fingerprint density at radius 1 is 1.38 bits per heavy atom. The van der Waals surface area contributed by atoms with Crippen molar-refractivity contribution in [1.82, 2.24) is 14.9 Å². The molecule has 2 N–H and O–H groups in total. The first-order chi connectivity index (χ1) is 7.54. The average molecular weight is 223 g/mol. The number of carbonyl (C=O) groups excluding carboxylic acids is 1. The van der Waals surface area contributed by atoms with E-state index in [0.29, 0.717) is 11.6 Å². The molecule has 6 heteroatoms. The third kappa shape index (κ3) is 3.08. The monoisotopic (exact) mass is 223 g/mol. The van der Waals surface area contributed by atoms with Gasteiger partial charge in [-0.2, -0.15) is 0 Å². The summed E-state index contributed by atoms with van der Waals surface area (Å²) in [5.41, 5.74) is 0. The lowest BCUT2D eigenvalue weighted by atomic mass is 10.3. The molecule has 0 aliphatic heterocycles. The molecular formula is C10H17N5O. The van der Waals surface area contributed by atoms with Gasteiger partial charge < -0.3 is 15.5 Å². The van der Waals surface area contributed by atoms with Crippen LogP contribution in [-0.4, -0.2) is 48.0 Å². The topological polar surface area (TPSA) is 70.2 Å². The number of amides is 1. The van der Waals surface area contributed by atoms with Crippen LogP contribution < -0.4 is 10.6 Å². The highest BCUT2D eigenvalue weighted by atomic mass is 16.2. The van der Waals surface area contributed by atoms with Crippen LogP contribution in [0.25, 0.3) is 0 Å². The number of likely N-dealkylation sites (N-methyl/N-ethyl adjacent to an activating group) is 1. The normalized spacial score (nSPS) is 11.8. The second-order valence-electron chi connectivity index (χ2n) is 3.64. The first kappa shape index (κ1) is 12.2. The smallest absolute Gasteiger partial charge is 0.244 e. The summed E-state index contributed by atoms with van der Waals surface area (Å²) in [4.78, 5) is 21.4. The van der Waals surface area contributed by atoms with Crippen LogP contribution in [0, 0.1) is 0 Å². The second-order valence-corrected chi connectivity index (χ2v) is 3.64. The fourth-order valence-corrected chi connectivity index (χ4v) is 1.23. The van der Waals surface area contributed by atoms with Crippen LogP contribution in [0.2, 0.25) is 0 Å². The van der Waals surface area contributed by atoms with E-state index in [9.17, 15) is 4.79 Å². The van der Waals surface area contributed by atoms with Gasteiger partial charge in [0, 0.05) is 21.1 Å². The van der Waals surface area contributed by atoms with Crippen LogP contribution in [0.1, 0.15) is 6.92 Å². The van der Waals surface area contributed by atoms with E-state index in [1.165, 1.54) is 4.90 Å². The number of hydrogen-bond donors (Lipinski definition) is 2. The lowest BCUT2D eigenvalue weighted by Crippen LogP contribution is -2.36. The molecule has 1 rings (SSSR count). The molecule has 0 spiro atoms. The highest BCUT2D eigenvalue weighted by molar-refractivity contribution is 5.83. The van der Waals surface area contributed by atoms with Crippen LogP contribution in [0.4, 0.5) is 11.6 Å². The van der Waals surface area contributed by atoms with Crippen LogP contribution in [0.5, 0.6) is 0 Å². The predicted octanol–water partition coefficient (Wildman–Crippen LogP) is 0.407. The van der Waals surface area contributed by atoms with Crippen molar-refractivity contribution < 1.29 is 4.79 Å². The molecule has 0 fully saturated rings. The summed E-state index contributed by atoms with van der Waals surface area (Å²) in [6, 6.07) is -0.323. The van der Waals surface area contributed by atoms with Crippen LogP contribution in [0.3, 0.4) is 0 Å². The molecule has 0 aliphatic rings. The van der Waals surface area contributed by atoms with Crippen molar-refractivity contribution in [3.8, 4) is 0 Å². The zero-order chi connectivity index (χ0) is 12.1. The number of nitrogens with one attached hydrogen (secondary N) is 2. The van der Waals surface area contributed by atoms with Gasteiger partial charge in [0.1, 0.15) is 17.7 Å². The number of hydrogen-bond acceptors (Lipinski definition) is 5. The molecule has 0 aliphatic carbocycles. The van der Waals surface area contributed by atoms with Gasteiger partial charge in [-0.25, -0.2) is 4.98 Å². The van der Waals surface area contributed by atoms with Crippen LogP contribution in [0.15, 0.2) is 12.4 Å². The molecule has 0 radical (unpaired) electrons. The summed E-state index contributed by atoms with van der Waals surface area (Å²) >= 11 is 0. The highest BCUT2D eigenvalue weighted by Crippen LogP contribution is 2.07. The molecule has 88 valence electrons. The summed E-state index contributed by atoms with van der Waals surface area (Å²) in [6.07, 6.45) is 3.20. The number of nitrogens with zero attached hydrogens (tertiary/aromatic N) is 3. The standard InChI is InChI=1S/C10H17N5O/c1-7(10(16)15(3)4)13-9-6-12-5-8(11-2)14-9/h5-7H,1-4H3,(H2,11,13,14). The molecule has 1 unspecified atom stereocenters. The van der Waals surface area contributed by atoms with Crippen molar-refractivity contribution >= 4 is 17.5 Å². The number of anilines is 2. The van der Waals surface area contributed by atoms with Crippen molar-refractivity contribution in [3.05, 3.63) is 12.4 Å². The van der Waals surface area contributed by atoms with E-state index in [2.05, 4.69) is 20.6 Å². The van der Waals surface area contributed by atoms with Gasteiger partial charge in [-0.1, -0.05) is 0 Å². The van der Waals surface area contributed by atoms with Crippen molar-refractivity contribution in [1.29, 1.82) is 0 Å². The van der Waals surface area contributed by atoms with E-state index < -0.39 is 0 Å². The highest BCUT2D eigenvalue weighted by Gasteiger charge is 2.14. The number of aromatic nitrogens is 2. The van der Waals surface area contributed by atoms with Gasteiger partial charge in [-0.15, -0.1) is 0 Å². The SMILES string of the molecule is CNc1cncc(NC(C)C(=O)N(C)C)n1. The molecule has 0 bridgehead atoms. The molecule has 0 aromatic carbocycles. The minimum Gasteiger partial charge on any atom is -0.372 e. The zero-order valence-corrected chi connectivity index (χ0v) is 9.98.